The van der Waals surface area contributed by atoms with E-state index in [-0.39, 0.29) is 18.4 Å². The summed E-state index contributed by atoms with van der Waals surface area (Å²) in [5.74, 6) is 0.813. The van der Waals surface area contributed by atoms with E-state index in [0.29, 0.717) is 60.2 Å². The molecular formula is C21H23IN2O5S2. The quantitative estimate of drug-likeness (QED) is 0.204. The number of ether oxygens (including phenoxy) is 3. The molecule has 2 amide bonds. The molecule has 0 bridgehead atoms. The van der Waals surface area contributed by atoms with E-state index in [2.05, 4.69) is 29.2 Å². The molecule has 2 saturated heterocycles. The second-order valence-corrected chi connectivity index (χ2v) is 9.46. The lowest BCUT2D eigenvalue weighted by atomic mass is 10.2. The van der Waals surface area contributed by atoms with Crippen LogP contribution in [0, 0.1) is 3.57 Å². The van der Waals surface area contributed by atoms with Crippen molar-refractivity contribution < 1.29 is 23.8 Å². The molecule has 0 N–H and O–H groups in total. The highest BCUT2D eigenvalue weighted by atomic mass is 127. The Morgan fingerprint density at radius 2 is 2.10 bits per heavy atom. The van der Waals surface area contributed by atoms with Crippen LogP contribution in [0.1, 0.15) is 12.5 Å². The molecule has 2 aliphatic heterocycles. The van der Waals surface area contributed by atoms with Gasteiger partial charge in [-0.15, -0.1) is 6.58 Å². The van der Waals surface area contributed by atoms with Gasteiger partial charge in [0.25, 0.3) is 11.8 Å². The number of thiocarbonyl (C=S) groups is 1. The van der Waals surface area contributed by atoms with Gasteiger partial charge in [0.05, 0.1) is 28.3 Å². The summed E-state index contributed by atoms with van der Waals surface area (Å²) < 4.78 is 18.2. The number of halogens is 1. The van der Waals surface area contributed by atoms with Crippen molar-refractivity contribution in [3.63, 3.8) is 0 Å². The lowest BCUT2D eigenvalue weighted by Gasteiger charge is -2.27. The number of hydrogen-bond acceptors (Lipinski definition) is 7. The Bertz CT molecular complexity index is 915. The molecule has 2 fully saturated rings. The highest BCUT2D eigenvalue weighted by molar-refractivity contribution is 14.1. The maximum atomic E-state index is 12.6. The number of amides is 2. The fourth-order valence-electron chi connectivity index (χ4n) is 3.05. The standard InChI is InChI=1S/C21H23IN2O5S2/c1-3-5-24-20(26)17(31-21(24)30)12-14-10-15(22)19(16(11-14)28-4-2)29-13-18(25)23-6-8-27-9-7-23/h3,10-12H,1,4-9,13H2,2H3/b17-12-. The zero-order valence-electron chi connectivity index (χ0n) is 17.1. The van der Waals surface area contributed by atoms with Crippen LogP contribution in [0.25, 0.3) is 6.08 Å². The first-order valence-electron chi connectivity index (χ1n) is 9.75. The van der Waals surface area contributed by atoms with Gasteiger partial charge in [-0.1, -0.05) is 30.1 Å². The van der Waals surface area contributed by atoms with Crippen molar-refractivity contribution >= 4 is 68.8 Å². The summed E-state index contributed by atoms with van der Waals surface area (Å²) in [6.07, 6.45) is 3.43. The van der Waals surface area contributed by atoms with Crippen molar-refractivity contribution in [2.75, 3.05) is 46.1 Å². The van der Waals surface area contributed by atoms with E-state index in [1.165, 1.54) is 16.7 Å². The van der Waals surface area contributed by atoms with Gasteiger partial charge in [0.1, 0.15) is 4.32 Å². The zero-order chi connectivity index (χ0) is 22.4. The van der Waals surface area contributed by atoms with Crippen molar-refractivity contribution in [1.82, 2.24) is 9.80 Å². The normalized spacial score (nSPS) is 17.9. The van der Waals surface area contributed by atoms with Crippen molar-refractivity contribution in [3.8, 4) is 11.5 Å². The van der Waals surface area contributed by atoms with E-state index in [9.17, 15) is 9.59 Å². The number of hydrogen-bond donors (Lipinski definition) is 0. The molecule has 1 aromatic carbocycles. The van der Waals surface area contributed by atoms with Gasteiger partial charge in [0.2, 0.25) is 0 Å². The fourth-order valence-corrected chi connectivity index (χ4v) is 5.11. The van der Waals surface area contributed by atoms with Crippen molar-refractivity contribution in [2.45, 2.75) is 6.92 Å². The van der Waals surface area contributed by atoms with Gasteiger partial charge in [-0.25, -0.2) is 0 Å². The predicted octanol–water partition coefficient (Wildman–Crippen LogP) is 3.31. The molecule has 3 rings (SSSR count). The number of rotatable bonds is 8. The largest absolute Gasteiger partial charge is 0.490 e. The van der Waals surface area contributed by atoms with E-state index in [1.807, 2.05) is 13.0 Å². The first kappa shape index (κ1) is 24.0. The fraction of sp³-hybridized carbons (Fsp3) is 0.381. The molecule has 0 atom stereocenters. The van der Waals surface area contributed by atoms with E-state index >= 15 is 0 Å². The van der Waals surface area contributed by atoms with Crippen molar-refractivity contribution in [1.29, 1.82) is 0 Å². The van der Waals surface area contributed by atoms with Crippen LogP contribution >= 0.6 is 46.6 Å². The second kappa shape index (κ2) is 11.3. The predicted molar refractivity (Wildman–Crippen MR) is 133 cm³/mol. The molecule has 0 spiro atoms. The summed E-state index contributed by atoms with van der Waals surface area (Å²) in [7, 11) is 0. The molecule has 0 saturated carbocycles. The summed E-state index contributed by atoms with van der Waals surface area (Å²) in [4.78, 5) is 28.8. The Hall–Kier alpha value is -1.63. The molecule has 2 aliphatic rings. The van der Waals surface area contributed by atoms with Gasteiger partial charge in [-0.3, -0.25) is 14.5 Å². The minimum atomic E-state index is -0.140. The van der Waals surface area contributed by atoms with Gasteiger partial charge in [-0.05, 0) is 53.3 Å². The van der Waals surface area contributed by atoms with Crippen LogP contribution in [0.2, 0.25) is 0 Å². The first-order chi connectivity index (χ1) is 14.9. The summed E-state index contributed by atoms with van der Waals surface area (Å²) in [5.41, 5.74) is 0.791. The molecule has 2 heterocycles. The number of carbonyl (C=O) groups excluding carboxylic acids is 2. The van der Waals surface area contributed by atoms with Crippen molar-refractivity contribution in [3.05, 3.63) is 38.8 Å². The smallest absolute Gasteiger partial charge is 0.266 e. The van der Waals surface area contributed by atoms with E-state index in [0.717, 1.165) is 9.13 Å². The Balaban J connectivity index is 1.78. The zero-order valence-corrected chi connectivity index (χ0v) is 20.9. The Morgan fingerprint density at radius 1 is 1.35 bits per heavy atom. The topological polar surface area (TPSA) is 68.3 Å². The molecule has 0 aromatic heterocycles. The molecule has 31 heavy (non-hydrogen) atoms. The Kier molecular flexibility index (Phi) is 8.76. The molecule has 0 unspecified atom stereocenters. The summed E-state index contributed by atoms with van der Waals surface area (Å²) in [5, 5.41) is 0. The molecule has 10 heteroatoms. The monoisotopic (exact) mass is 574 g/mol. The maximum absolute atomic E-state index is 12.6. The minimum absolute atomic E-state index is 0.0738. The van der Waals surface area contributed by atoms with Crippen LogP contribution in [-0.2, 0) is 14.3 Å². The molecule has 7 nitrogen and oxygen atoms in total. The molecule has 0 radical (unpaired) electrons. The van der Waals surface area contributed by atoms with Gasteiger partial charge in [-0.2, -0.15) is 0 Å². The third kappa shape index (κ3) is 5.99. The summed E-state index contributed by atoms with van der Waals surface area (Å²) >= 11 is 8.70. The number of thioether (sulfide) groups is 1. The Morgan fingerprint density at radius 3 is 2.77 bits per heavy atom. The van der Waals surface area contributed by atoms with Crippen LogP contribution < -0.4 is 9.47 Å². The minimum Gasteiger partial charge on any atom is -0.490 e. The first-order valence-corrected chi connectivity index (χ1v) is 12.1. The average molecular weight is 574 g/mol. The van der Waals surface area contributed by atoms with Crippen LogP contribution in [0.3, 0.4) is 0 Å². The summed E-state index contributed by atoms with van der Waals surface area (Å²) in [6.45, 7) is 8.52. The SMILES string of the molecule is C=CCN1C(=O)/C(=C/c2cc(I)c(OCC(=O)N3CCOCC3)c(OCC)c2)SC1=S. The van der Waals surface area contributed by atoms with Crippen LogP contribution in [0.5, 0.6) is 11.5 Å². The highest BCUT2D eigenvalue weighted by Crippen LogP contribution is 2.37. The maximum Gasteiger partial charge on any atom is 0.266 e. The number of carbonyl (C=O) groups is 2. The van der Waals surface area contributed by atoms with Crippen LogP contribution in [0.4, 0.5) is 0 Å². The van der Waals surface area contributed by atoms with Crippen molar-refractivity contribution in [2.24, 2.45) is 0 Å². The summed E-state index contributed by atoms with van der Waals surface area (Å²) in [6, 6.07) is 3.69. The number of morpholine rings is 1. The second-order valence-electron chi connectivity index (χ2n) is 6.63. The number of benzene rings is 1. The highest BCUT2D eigenvalue weighted by Gasteiger charge is 2.31. The van der Waals surface area contributed by atoms with Crippen LogP contribution in [-0.4, -0.2) is 72.0 Å². The molecular weight excluding hydrogens is 551 g/mol. The third-order valence-corrected chi connectivity index (χ3v) is 6.70. The number of nitrogens with zero attached hydrogens (tertiary/aromatic N) is 2. The van der Waals surface area contributed by atoms with E-state index in [1.54, 1.807) is 23.1 Å². The van der Waals surface area contributed by atoms with Gasteiger partial charge < -0.3 is 19.1 Å². The van der Waals surface area contributed by atoms with E-state index < -0.39 is 0 Å². The Labute approximate surface area is 204 Å². The van der Waals surface area contributed by atoms with Gasteiger partial charge in [0, 0.05) is 19.6 Å². The lowest BCUT2D eigenvalue weighted by Crippen LogP contribution is -2.43. The lowest BCUT2D eigenvalue weighted by molar-refractivity contribution is -0.137. The third-order valence-electron chi connectivity index (χ3n) is 4.52. The molecule has 0 aliphatic carbocycles. The van der Waals surface area contributed by atoms with Gasteiger partial charge in [0.15, 0.2) is 18.1 Å². The average Bonchev–Trinajstić information content (AvgIpc) is 3.01. The molecule has 1 aromatic rings. The van der Waals surface area contributed by atoms with Crippen LogP contribution in [0.15, 0.2) is 29.7 Å². The van der Waals surface area contributed by atoms with E-state index in [4.69, 9.17) is 26.4 Å². The molecule has 166 valence electrons. The van der Waals surface area contributed by atoms with Gasteiger partial charge >= 0.3 is 0 Å².